The standard InChI is InChI=1S/C17H14N2O4/c1-21-11-14(17(20)22-2)13-5-3-4-6-15(13)23-16-8-7-12(9-18)10-19-16/h3-8,10-11H,1-2H3/b14-11+. The Kier molecular flexibility index (Phi) is 5.31. The number of hydrogen-bond donors (Lipinski definition) is 0. The maximum Gasteiger partial charge on any atom is 0.341 e. The highest BCUT2D eigenvalue weighted by Gasteiger charge is 2.18. The lowest BCUT2D eigenvalue weighted by atomic mass is 10.1. The van der Waals surface area contributed by atoms with Crippen molar-refractivity contribution in [1.82, 2.24) is 4.98 Å². The minimum absolute atomic E-state index is 0.222. The van der Waals surface area contributed by atoms with Gasteiger partial charge in [-0.2, -0.15) is 5.26 Å². The Bertz CT molecular complexity index is 761. The van der Waals surface area contributed by atoms with Gasteiger partial charge in [-0.15, -0.1) is 0 Å². The number of benzene rings is 1. The molecule has 0 amide bonds. The van der Waals surface area contributed by atoms with Gasteiger partial charge in [-0.25, -0.2) is 9.78 Å². The molecule has 0 aliphatic heterocycles. The summed E-state index contributed by atoms with van der Waals surface area (Å²) >= 11 is 0. The van der Waals surface area contributed by atoms with E-state index in [0.29, 0.717) is 22.8 Å². The maximum absolute atomic E-state index is 11.9. The van der Waals surface area contributed by atoms with Crippen LogP contribution in [0, 0.1) is 11.3 Å². The van der Waals surface area contributed by atoms with Gasteiger partial charge < -0.3 is 14.2 Å². The van der Waals surface area contributed by atoms with Crippen LogP contribution in [0.4, 0.5) is 0 Å². The fourth-order valence-electron chi connectivity index (χ4n) is 1.85. The van der Waals surface area contributed by atoms with Crippen molar-refractivity contribution >= 4 is 11.5 Å². The van der Waals surface area contributed by atoms with Crippen molar-refractivity contribution in [2.45, 2.75) is 0 Å². The summed E-state index contributed by atoms with van der Waals surface area (Å²) in [4.78, 5) is 16.0. The van der Waals surface area contributed by atoms with E-state index in [9.17, 15) is 4.79 Å². The van der Waals surface area contributed by atoms with Crippen LogP contribution >= 0.6 is 0 Å². The summed E-state index contributed by atoms with van der Waals surface area (Å²) < 4.78 is 15.4. The number of carbonyl (C=O) groups excluding carboxylic acids is 1. The molecule has 1 aromatic heterocycles. The fraction of sp³-hybridized carbons (Fsp3) is 0.118. The summed E-state index contributed by atoms with van der Waals surface area (Å²) in [5.41, 5.74) is 1.16. The van der Waals surface area contributed by atoms with Crippen LogP contribution in [-0.2, 0) is 14.3 Å². The molecule has 2 aromatic rings. The van der Waals surface area contributed by atoms with Crippen LogP contribution in [0.15, 0.2) is 48.9 Å². The van der Waals surface area contributed by atoms with E-state index < -0.39 is 5.97 Å². The van der Waals surface area contributed by atoms with E-state index in [0.717, 1.165) is 0 Å². The van der Waals surface area contributed by atoms with Crippen LogP contribution in [0.5, 0.6) is 11.6 Å². The predicted molar refractivity (Wildman–Crippen MR) is 82.5 cm³/mol. The van der Waals surface area contributed by atoms with Crippen LogP contribution in [0.1, 0.15) is 11.1 Å². The van der Waals surface area contributed by atoms with Crippen LogP contribution in [0.2, 0.25) is 0 Å². The van der Waals surface area contributed by atoms with Crippen LogP contribution < -0.4 is 4.74 Å². The van der Waals surface area contributed by atoms with Gasteiger partial charge in [-0.1, -0.05) is 18.2 Å². The Hall–Kier alpha value is -3.33. The summed E-state index contributed by atoms with van der Waals surface area (Å²) in [6.45, 7) is 0. The largest absolute Gasteiger partial charge is 0.503 e. The van der Waals surface area contributed by atoms with Crippen LogP contribution in [0.3, 0.4) is 0 Å². The molecule has 2 rings (SSSR count). The van der Waals surface area contributed by atoms with Gasteiger partial charge in [0, 0.05) is 17.8 Å². The zero-order valence-corrected chi connectivity index (χ0v) is 12.6. The molecule has 0 saturated carbocycles. The molecule has 1 aromatic carbocycles. The molecule has 0 aliphatic rings. The molecule has 0 unspecified atom stereocenters. The number of esters is 1. The quantitative estimate of drug-likeness (QED) is 0.480. The lowest BCUT2D eigenvalue weighted by molar-refractivity contribution is -0.133. The zero-order valence-electron chi connectivity index (χ0n) is 12.6. The number of methoxy groups -OCH3 is 2. The summed E-state index contributed by atoms with van der Waals surface area (Å²) in [7, 11) is 2.73. The number of ether oxygens (including phenoxy) is 3. The first-order valence-corrected chi connectivity index (χ1v) is 6.64. The first kappa shape index (κ1) is 16.0. The Morgan fingerprint density at radius 2 is 2.00 bits per heavy atom. The van der Waals surface area contributed by atoms with Crippen molar-refractivity contribution < 1.29 is 19.0 Å². The highest BCUT2D eigenvalue weighted by Crippen LogP contribution is 2.30. The molecule has 6 nitrogen and oxygen atoms in total. The molecule has 6 heteroatoms. The van der Waals surface area contributed by atoms with Gasteiger partial charge in [0.05, 0.1) is 26.0 Å². The van der Waals surface area contributed by atoms with Crippen molar-refractivity contribution in [2.24, 2.45) is 0 Å². The van der Waals surface area contributed by atoms with Crippen molar-refractivity contribution in [3.63, 3.8) is 0 Å². The van der Waals surface area contributed by atoms with E-state index in [-0.39, 0.29) is 5.57 Å². The second-order valence-electron chi connectivity index (χ2n) is 4.35. The molecule has 0 saturated heterocycles. The van der Waals surface area contributed by atoms with Crippen molar-refractivity contribution in [3.8, 4) is 17.7 Å². The average Bonchev–Trinajstić information content (AvgIpc) is 2.60. The molecule has 1 heterocycles. The number of nitriles is 1. The van der Waals surface area contributed by atoms with Gasteiger partial charge >= 0.3 is 5.97 Å². The first-order chi connectivity index (χ1) is 11.2. The van der Waals surface area contributed by atoms with E-state index in [4.69, 9.17) is 19.5 Å². The molecule has 0 atom stereocenters. The van der Waals surface area contributed by atoms with E-state index in [1.165, 1.54) is 26.7 Å². The number of nitrogens with zero attached hydrogens (tertiary/aromatic N) is 2. The summed E-state index contributed by atoms with van der Waals surface area (Å²) in [6, 6.07) is 12.1. The van der Waals surface area contributed by atoms with Crippen LogP contribution in [-0.4, -0.2) is 25.2 Å². The minimum Gasteiger partial charge on any atom is -0.503 e. The molecule has 0 radical (unpaired) electrons. The summed E-state index contributed by atoms with van der Waals surface area (Å²) in [5.74, 6) is 0.173. The van der Waals surface area contributed by atoms with E-state index >= 15 is 0 Å². The minimum atomic E-state index is -0.546. The molecule has 23 heavy (non-hydrogen) atoms. The number of pyridine rings is 1. The third-order valence-electron chi connectivity index (χ3n) is 2.90. The molecular weight excluding hydrogens is 296 g/mol. The van der Waals surface area contributed by atoms with E-state index in [1.807, 2.05) is 6.07 Å². The number of aromatic nitrogens is 1. The van der Waals surface area contributed by atoms with Gasteiger partial charge in [0.25, 0.3) is 0 Å². The lowest BCUT2D eigenvalue weighted by Gasteiger charge is -2.12. The molecule has 116 valence electrons. The Labute approximate surface area is 133 Å². The monoisotopic (exact) mass is 310 g/mol. The van der Waals surface area contributed by atoms with Gasteiger partial charge in [-0.3, -0.25) is 0 Å². The smallest absolute Gasteiger partial charge is 0.341 e. The van der Waals surface area contributed by atoms with E-state index in [1.54, 1.807) is 36.4 Å². The van der Waals surface area contributed by atoms with Crippen molar-refractivity contribution in [1.29, 1.82) is 5.26 Å². The molecule has 0 N–H and O–H groups in total. The van der Waals surface area contributed by atoms with Crippen molar-refractivity contribution in [3.05, 3.63) is 60.0 Å². The van der Waals surface area contributed by atoms with Crippen LogP contribution in [0.25, 0.3) is 5.57 Å². The third kappa shape index (κ3) is 3.86. The normalized spacial score (nSPS) is 10.6. The molecular formula is C17H14N2O4. The van der Waals surface area contributed by atoms with E-state index in [2.05, 4.69) is 4.98 Å². The third-order valence-corrected chi connectivity index (χ3v) is 2.90. The Balaban J connectivity index is 2.38. The topological polar surface area (TPSA) is 81.4 Å². The predicted octanol–water partition coefficient (Wildman–Crippen LogP) is 2.91. The van der Waals surface area contributed by atoms with Gasteiger partial charge in [0.1, 0.15) is 17.4 Å². The van der Waals surface area contributed by atoms with Gasteiger partial charge in [-0.05, 0) is 12.1 Å². The molecule has 0 bridgehead atoms. The Morgan fingerprint density at radius 3 is 2.61 bits per heavy atom. The number of para-hydroxylation sites is 1. The number of hydrogen-bond acceptors (Lipinski definition) is 6. The first-order valence-electron chi connectivity index (χ1n) is 6.64. The maximum atomic E-state index is 11.9. The summed E-state index contributed by atoms with van der Waals surface area (Å²) in [6.07, 6.45) is 2.70. The van der Waals surface area contributed by atoms with Gasteiger partial charge in [0.2, 0.25) is 5.88 Å². The second kappa shape index (κ2) is 7.61. The Morgan fingerprint density at radius 1 is 1.22 bits per heavy atom. The molecule has 0 spiro atoms. The average molecular weight is 310 g/mol. The SMILES string of the molecule is CO/C=C(/C(=O)OC)c1ccccc1Oc1ccc(C#N)cn1. The zero-order chi connectivity index (χ0) is 16.7. The lowest BCUT2D eigenvalue weighted by Crippen LogP contribution is -2.06. The molecule has 0 fully saturated rings. The highest BCUT2D eigenvalue weighted by atomic mass is 16.5. The van der Waals surface area contributed by atoms with Gasteiger partial charge in [0.15, 0.2) is 0 Å². The summed E-state index contributed by atoms with van der Waals surface area (Å²) in [5, 5.41) is 8.78. The highest BCUT2D eigenvalue weighted by molar-refractivity contribution is 6.17. The second-order valence-corrected chi connectivity index (χ2v) is 4.35. The molecule has 0 aliphatic carbocycles. The van der Waals surface area contributed by atoms with Crippen molar-refractivity contribution in [2.75, 3.05) is 14.2 Å². The number of rotatable bonds is 5. The number of carbonyl (C=O) groups is 1. The fourth-order valence-corrected chi connectivity index (χ4v) is 1.85.